The van der Waals surface area contributed by atoms with Gasteiger partial charge in [0, 0.05) is 13.1 Å². The predicted molar refractivity (Wildman–Crippen MR) is 50.2 cm³/mol. The summed E-state index contributed by atoms with van der Waals surface area (Å²) < 4.78 is 4.96. The lowest BCUT2D eigenvalue weighted by Crippen LogP contribution is -1.92. The SMILES string of the molecule is CNc1ccc([N+](=O)[O-])c2ocnc12. The van der Waals surface area contributed by atoms with Crippen molar-refractivity contribution in [2.24, 2.45) is 0 Å². The Balaban J connectivity index is 2.78. The van der Waals surface area contributed by atoms with Crippen molar-refractivity contribution in [2.45, 2.75) is 0 Å². The van der Waals surface area contributed by atoms with E-state index < -0.39 is 4.92 Å². The Morgan fingerprint density at radius 2 is 2.36 bits per heavy atom. The molecule has 1 aromatic carbocycles. The number of hydrogen-bond donors (Lipinski definition) is 1. The quantitative estimate of drug-likeness (QED) is 0.580. The van der Waals surface area contributed by atoms with E-state index in [4.69, 9.17) is 4.42 Å². The van der Waals surface area contributed by atoms with Crippen molar-refractivity contribution in [1.82, 2.24) is 4.98 Å². The van der Waals surface area contributed by atoms with Gasteiger partial charge in [0.15, 0.2) is 6.39 Å². The summed E-state index contributed by atoms with van der Waals surface area (Å²) in [6.07, 6.45) is 1.19. The van der Waals surface area contributed by atoms with E-state index >= 15 is 0 Å². The van der Waals surface area contributed by atoms with Crippen LogP contribution in [0.25, 0.3) is 11.1 Å². The molecular formula is C8H7N3O3. The molecule has 0 aliphatic heterocycles. The number of nitro benzene ring substituents is 1. The minimum Gasteiger partial charge on any atom is -0.436 e. The lowest BCUT2D eigenvalue weighted by Gasteiger charge is -1.99. The van der Waals surface area contributed by atoms with Gasteiger partial charge in [-0.1, -0.05) is 0 Å². The minimum absolute atomic E-state index is 0.0727. The number of oxazole rings is 1. The molecule has 0 saturated heterocycles. The molecule has 1 heterocycles. The molecule has 0 amide bonds. The van der Waals surface area contributed by atoms with Gasteiger partial charge in [0.05, 0.1) is 10.6 Å². The van der Waals surface area contributed by atoms with Crippen LogP contribution in [0.4, 0.5) is 11.4 Å². The monoisotopic (exact) mass is 193 g/mol. The van der Waals surface area contributed by atoms with Crippen LogP contribution in [0.1, 0.15) is 0 Å². The van der Waals surface area contributed by atoms with E-state index in [0.717, 1.165) is 0 Å². The lowest BCUT2D eigenvalue weighted by atomic mass is 10.2. The summed E-state index contributed by atoms with van der Waals surface area (Å²) in [6, 6.07) is 2.99. The maximum Gasteiger partial charge on any atom is 0.314 e. The lowest BCUT2D eigenvalue weighted by molar-refractivity contribution is -0.383. The summed E-state index contributed by atoms with van der Waals surface area (Å²) in [5.74, 6) is 0. The molecule has 0 fully saturated rings. The molecule has 1 aromatic heterocycles. The molecule has 72 valence electrons. The van der Waals surface area contributed by atoms with Crippen LogP contribution in [0.5, 0.6) is 0 Å². The summed E-state index contributed by atoms with van der Waals surface area (Å²) >= 11 is 0. The van der Waals surface area contributed by atoms with Crippen molar-refractivity contribution < 1.29 is 9.34 Å². The molecule has 0 atom stereocenters. The maximum atomic E-state index is 10.6. The summed E-state index contributed by atoms with van der Waals surface area (Å²) in [4.78, 5) is 14.0. The standard InChI is InChI=1S/C8H7N3O3/c1-9-5-2-3-6(11(12)13)8-7(5)10-4-14-8/h2-4,9H,1H3. The van der Waals surface area contributed by atoms with Crippen molar-refractivity contribution >= 4 is 22.5 Å². The summed E-state index contributed by atoms with van der Waals surface area (Å²) in [5.41, 5.74) is 1.31. The molecular weight excluding hydrogens is 186 g/mol. The van der Waals surface area contributed by atoms with Crippen LogP contribution in [0.3, 0.4) is 0 Å². The number of nitrogens with zero attached hydrogens (tertiary/aromatic N) is 2. The molecule has 0 radical (unpaired) electrons. The second kappa shape index (κ2) is 2.99. The Morgan fingerprint density at radius 1 is 1.57 bits per heavy atom. The molecule has 2 rings (SSSR count). The van der Waals surface area contributed by atoms with Crippen LogP contribution in [0, 0.1) is 10.1 Å². The number of nitrogens with one attached hydrogen (secondary N) is 1. The predicted octanol–water partition coefficient (Wildman–Crippen LogP) is 1.78. The zero-order valence-corrected chi connectivity index (χ0v) is 7.35. The topological polar surface area (TPSA) is 81.2 Å². The zero-order valence-electron chi connectivity index (χ0n) is 7.35. The summed E-state index contributed by atoms with van der Waals surface area (Å²) in [7, 11) is 1.72. The molecule has 0 aliphatic rings. The third-order valence-corrected chi connectivity index (χ3v) is 1.93. The zero-order chi connectivity index (χ0) is 10.1. The van der Waals surface area contributed by atoms with Gasteiger partial charge in [0.25, 0.3) is 0 Å². The molecule has 0 bridgehead atoms. The molecule has 6 heteroatoms. The number of fused-ring (bicyclic) bond motifs is 1. The van der Waals surface area contributed by atoms with Crippen molar-refractivity contribution in [3.05, 3.63) is 28.6 Å². The first kappa shape index (κ1) is 8.49. The Bertz CT molecular complexity index is 492. The normalized spacial score (nSPS) is 10.4. The van der Waals surface area contributed by atoms with Gasteiger partial charge in [-0.05, 0) is 6.07 Å². The third kappa shape index (κ3) is 1.08. The number of benzene rings is 1. The number of nitro groups is 1. The molecule has 0 unspecified atom stereocenters. The van der Waals surface area contributed by atoms with Gasteiger partial charge in [-0.3, -0.25) is 10.1 Å². The van der Waals surface area contributed by atoms with Gasteiger partial charge in [-0.2, -0.15) is 0 Å². The van der Waals surface area contributed by atoms with Gasteiger partial charge >= 0.3 is 5.69 Å². The Morgan fingerprint density at radius 3 is 3.00 bits per heavy atom. The largest absolute Gasteiger partial charge is 0.436 e. The van der Waals surface area contributed by atoms with E-state index in [0.29, 0.717) is 11.2 Å². The van der Waals surface area contributed by atoms with E-state index in [1.807, 2.05) is 0 Å². The number of anilines is 1. The summed E-state index contributed by atoms with van der Waals surface area (Å²) in [5, 5.41) is 13.5. The van der Waals surface area contributed by atoms with Crippen molar-refractivity contribution in [2.75, 3.05) is 12.4 Å². The maximum absolute atomic E-state index is 10.6. The fourth-order valence-corrected chi connectivity index (χ4v) is 1.28. The first-order valence-corrected chi connectivity index (χ1v) is 3.92. The van der Waals surface area contributed by atoms with E-state index in [1.54, 1.807) is 13.1 Å². The van der Waals surface area contributed by atoms with Crippen LogP contribution in [-0.2, 0) is 0 Å². The number of hydrogen-bond acceptors (Lipinski definition) is 5. The molecule has 6 nitrogen and oxygen atoms in total. The van der Waals surface area contributed by atoms with Gasteiger partial charge in [0.2, 0.25) is 5.58 Å². The molecule has 1 N–H and O–H groups in total. The highest BCUT2D eigenvalue weighted by Crippen LogP contribution is 2.29. The van der Waals surface area contributed by atoms with Crippen molar-refractivity contribution in [3.8, 4) is 0 Å². The second-order valence-electron chi connectivity index (χ2n) is 2.67. The van der Waals surface area contributed by atoms with Gasteiger partial charge in [-0.25, -0.2) is 4.98 Å². The van der Waals surface area contributed by atoms with Crippen LogP contribution in [-0.4, -0.2) is 17.0 Å². The van der Waals surface area contributed by atoms with E-state index in [-0.39, 0.29) is 11.3 Å². The van der Waals surface area contributed by atoms with Gasteiger partial charge in [0.1, 0.15) is 5.52 Å². The first-order chi connectivity index (χ1) is 6.74. The summed E-state index contributed by atoms with van der Waals surface area (Å²) in [6.45, 7) is 0. The Kier molecular flexibility index (Phi) is 1.81. The van der Waals surface area contributed by atoms with Gasteiger partial charge in [-0.15, -0.1) is 0 Å². The van der Waals surface area contributed by atoms with E-state index in [9.17, 15) is 10.1 Å². The van der Waals surface area contributed by atoms with Crippen molar-refractivity contribution in [3.63, 3.8) is 0 Å². The number of non-ortho nitro benzene ring substituents is 1. The van der Waals surface area contributed by atoms with Crippen LogP contribution in [0.2, 0.25) is 0 Å². The highest BCUT2D eigenvalue weighted by Gasteiger charge is 2.17. The fraction of sp³-hybridized carbons (Fsp3) is 0.125. The molecule has 2 aromatic rings. The van der Waals surface area contributed by atoms with Crippen molar-refractivity contribution in [1.29, 1.82) is 0 Å². The Labute approximate surface area is 78.7 Å². The van der Waals surface area contributed by atoms with Crippen LogP contribution >= 0.6 is 0 Å². The Hall–Kier alpha value is -2.11. The number of rotatable bonds is 2. The molecule has 0 saturated carbocycles. The molecule has 14 heavy (non-hydrogen) atoms. The van der Waals surface area contributed by atoms with Gasteiger partial charge < -0.3 is 9.73 Å². The van der Waals surface area contributed by atoms with Crippen LogP contribution in [0.15, 0.2) is 22.9 Å². The second-order valence-corrected chi connectivity index (χ2v) is 2.67. The first-order valence-electron chi connectivity index (χ1n) is 3.92. The highest BCUT2D eigenvalue weighted by molar-refractivity contribution is 5.92. The van der Waals surface area contributed by atoms with Crippen LogP contribution < -0.4 is 5.32 Å². The highest BCUT2D eigenvalue weighted by atomic mass is 16.6. The molecule has 0 spiro atoms. The minimum atomic E-state index is -0.493. The van der Waals surface area contributed by atoms with E-state index in [1.165, 1.54) is 12.5 Å². The average molecular weight is 193 g/mol. The third-order valence-electron chi connectivity index (χ3n) is 1.93. The van der Waals surface area contributed by atoms with E-state index in [2.05, 4.69) is 10.3 Å². The number of aromatic nitrogens is 1. The smallest absolute Gasteiger partial charge is 0.314 e. The molecule has 0 aliphatic carbocycles. The average Bonchev–Trinajstić information content (AvgIpc) is 2.64. The fourth-order valence-electron chi connectivity index (χ4n) is 1.28.